The van der Waals surface area contributed by atoms with E-state index in [-0.39, 0.29) is 11.8 Å². The molecule has 9 nitrogen and oxygen atoms in total. The fourth-order valence-electron chi connectivity index (χ4n) is 3.85. The largest absolute Gasteiger partial charge is 0.379 e. The Morgan fingerprint density at radius 1 is 1.20 bits per heavy atom. The lowest BCUT2D eigenvalue weighted by molar-refractivity contribution is -0.142. The number of rotatable bonds is 5. The first-order chi connectivity index (χ1) is 14.5. The average molecular weight is 451 g/mol. The van der Waals surface area contributed by atoms with Crippen LogP contribution >= 0.6 is 23.6 Å². The van der Waals surface area contributed by atoms with Crippen LogP contribution in [0.1, 0.15) is 13.0 Å². The molecular formula is C19H26N6O3S2. The quantitative estimate of drug-likeness (QED) is 0.690. The Morgan fingerprint density at radius 2 is 1.90 bits per heavy atom. The van der Waals surface area contributed by atoms with Crippen LogP contribution in [0.4, 0.5) is 0 Å². The molecule has 4 heterocycles. The molecule has 0 saturated carbocycles. The second-order valence-corrected chi connectivity index (χ2v) is 8.80. The molecule has 1 unspecified atom stereocenters. The van der Waals surface area contributed by atoms with Gasteiger partial charge in [0.1, 0.15) is 6.04 Å². The molecule has 1 atom stereocenters. The van der Waals surface area contributed by atoms with Crippen molar-refractivity contribution in [1.29, 1.82) is 0 Å². The van der Waals surface area contributed by atoms with Gasteiger partial charge in [0.15, 0.2) is 10.6 Å². The molecule has 1 N–H and O–H groups in total. The summed E-state index contributed by atoms with van der Waals surface area (Å²) in [6, 6.07) is 3.44. The minimum absolute atomic E-state index is 0.00872. The molecule has 30 heavy (non-hydrogen) atoms. The molecule has 0 bridgehead atoms. The Balaban J connectivity index is 1.36. The van der Waals surface area contributed by atoms with Gasteiger partial charge in [0, 0.05) is 39.3 Å². The van der Waals surface area contributed by atoms with Crippen LogP contribution in [0.25, 0.3) is 10.7 Å². The van der Waals surface area contributed by atoms with Gasteiger partial charge in [-0.15, -0.1) is 11.3 Å². The Labute approximate surface area is 184 Å². The van der Waals surface area contributed by atoms with E-state index in [1.807, 2.05) is 34.2 Å². The van der Waals surface area contributed by atoms with Gasteiger partial charge in [-0.1, -0.05) is 6.07 Å². The van der Waals surface area contributed by atoms with E-state index >= 15 is 0 Å². The third-order valence-electron chi connectivity index (χ3n) is 5.60. The molecule has 2 amide bonds. The third-order valence-corrected chi connectivity index (χ3v) is 6.75. The number of nitrogens with zero attached hydrogens (tertiary/aromatic N) is 5. The smallest absolute Gasteiger partial charge is 0.245 e. The monoisotopic (exact) mass is 450 g/mol. The number of carbonyl (C=O) groups is 2. The highest BCUT2D eigenvalue weighted by molar-refractivity contribution is 7.71. The van der Waals surface area contributed by atoms with Crippen LogP contribution in [0.5, 0.6) is 0 Å². The van der Waals surface area contributed by atoms with Crippen LogP contribution in [0, 0.1) is 4.77 Å². The van der Waals surface area contributed by atoms with Crippen molar-refractivity contribution in [3.05, 3.63) is 22.3 Å². The fourth-order valence-corrected chi connectivity index (χ4v) is 4.85. The normalized spacial score (nSPS) is 19.1. The first kappa shape index (κ1) is 21.2. The SMILES string of the molecule is CC(C(=O)N1CCN(C(=O)CN2CCOCC2)CC1)n1c(-c2cccs2)n[nH]c1=S. The minimum atomic E-state index is -0.469. The number of carbonyl (C=O) groups excluding carboxylic acids is 2. The summed E-state index contributed by atoms with van der Waals surface area (Å²) in [7, 11) is 0. The molecule has 2 saturated heterocycles. The summed E-state index contributed by atoms with van der Waals surface area (Å²) in [5.41, 5.74) is 0. The van der Waals surface area contributed by atoms with Crippen molar-refractivity contribution in [3.8, 4) is 10.7 Å². The summed E-state index contributed by atoms with van der Waals surface area (Å²) in [5.74, 6) is 0.787. The number of ether oxygens (including phenoxy) is 1. The summed E-state index contributed by atoms with van der Waals surface area (Å²) in [5, 5.41) is 9.10. The number of aromatic nitrogens is 3. The molecule has 2 aromatic rings. The minimum Gasteiger partial charge on any atom is -0.379 e. The number of piperazine rings is 1. The van der Waals surface area contributed by atoms with Gasteiger partial charge in [-0.2, -0.15) is 5.10 Å². The molecule has 2 fully saturated rings. The van der Waals surface area contributed by atoms with Crippen LogP contribution in [-0.4, -0.2) is 100 Å². The topological polar surface area (TPSA) is 86.7 Å². The van der Waals surface area contributed by atoms with Crippen molar-refractivity contribution < 1.29 is 14.3 Å². The van der Waals surface area contributed by atoms with Crippen LogP contribution in [0.2, 0.25) is 0 Å². The zero-order valence-electron chi connectivity index (χ0n) is 17.0. The predicted molar refractivity (Wildman–Crippen MR) is 116 cm³/mol. The van der Waals surface area contributed by atoms with Crippen molar-refractivity contribution in [2.45, 2.75) is 13.0 Å². The molecule has 2 aromatic heterocycles. The second kappa shape index (κ2) is 9.38. The molecule has 0 spiro atoms. The molecule has 162 valence electrons. The van der Waals surface area contributed by atoms with Crippen molar-refractivity contribution >= 4 is 35.4 Å². The van der Waals surface area contributed by atoms with Gasteiger partial charge >= 0.3 is 0 Å². The average Bonchev–Trinajstić information content (AvgIpc) is 3.43. The van der Waals surface area contributed by atoms with Crippen molar-refractivity contribution in [2.24, 2.45) is 0 Å². The molecule has 0 aromatic carbocycles. The maximum atomic E-state index is 13.2. The van der Waals surface area contributed by atoms with Gasteiger partial charge in [-0.05, 0) is 30.6 Å². The zero-order valence-corrected chi connectivity index (χ0v) is 18.6. The van der Waals surface area contributed by atoms with Crippen molar-refractivity contribution in [1.82, 2.24) is 29.5 Å². The first-order valence-electron chi connectivity index (χ1n) is 10.1. The summed E-state index contributed by atoms with van der Waals surface area (Å²) in [6.07, 6.45) is 0. The van der Waals surface area contributed by atoms with E-state index in [2.05, 4.69) is 15.1 Å². The summed E-state index contributed by atoms with van der Waals surface area (Å²) >= 11 is 6.94. The van der Waals surface area contributed by atoms with Gasteiger partial charge in [0.05, 0.1) is 24.6 Å². The molecule has 4 rings (SSSR count). The summed E-state index contributed by atoms with van der Waals surface area (Å²) in [4.78, 5) is 32.5. The van der Waals surface area contributed by atoms with Crippen LogP contribution < -0.4 is 0 Å². The Morgan fingerprint density at radius 3 is 2.57 bits per heavy atom. The second-order valence-electron chi connectivity index (χ2n) is 7.47. The highest BCUT2D eigenvalue weighted by Gasteiger charge is 2.30. The zero-order chi connectivity index (χ0) is 21.1. The van der Waals surface area contributed by atoms with E-state index in [0.29, 0.717) is 56.5 Å². The van der Waals surface area contributed by atoms with Gasteiger partial charge in [-0.3, -0.25) is 24.2 Å². The number of aromatic amines is 1. The van der Waals surface area contributed by atoms with Crippen LogP contribution in [0.15, 0.2) is 17.5 Å². The lowest BCUT2D eigenvalue weighted by atomic mass is 10.2. The molecule has 2 aliphatic heterocycles. The number of hydrogen-bond donors (Lipinski definition) is 1. The van der Waals surface area contributed by atoms with E-state index in [0.717, 1.165) is 18.0 Å². The molecule has 0 radical (unpaired) electrons. The van der Waals surface area contributed by atoms with Gasteiger partial charge in [0.25, 0.3) is 0 Å². The standard InChI is InChI=1S/C19H26N6O3S2/c1-14(25-17(20-21-19(25)29)15-3-2-12-30-15)18(27)24-6-4-23(5-7-24)16(26)13-22-8-10-28-11-9-22/h2-3,12,14H,4-11,13H2,1H3,(H,21,29). The van der Waals surface area contributed by atoms with Gasteiger partial charge < -0.3 is 14.5 Å². The van der Waals surface area contributed by atoms with Gasteiger partial charge in [0.2, 0.25) is 11.8 Å². The van der Waals surface area contributed by atoms with E-state index in [4.69, 9.17) is 17.0 Å². The number of nitrogens with one attached hydrogen (secondary N) is 1. The van der Waals surface area contributed by atoms with Crippen LogP contribution in [0.3, 0.4) is 0 Å². The number of hydrogen-bond acceptors (Lipinski definition) is 7. The van der Waals surface area contributed by atoms with E-state index in [1.165, 1.54) is 0 Å². The molecule has 11 heteroatoms. The molecule has 2 aliphatic rings. The molecule has 0 aliphatic carbocycles. The first-order valence-corrected chi connectivity index (χ1v) is 11.4. The van der Waals surface area contributed by atoms with E-state index in [1.54, 1.807) is 15.9 Å². The van der Waals surface area contributed by atoms with Crippen molar-refractivity contribution in [2.75, 3.05) is 59.0 Å². The Hall–Kier alpha value is -2.08. The number of thiophene rings is 1. The lowest BCUT2D eigenvalue weighted by Gasteiger charge is -2.37. The summed E-state index contributed by atoms with van der Waals surface area (Å²) < 4.78 is 7.54. The molecular weight excluding hydrogens is 424 g/mol. The maximum absolute atomic E-state index is 13.2. The van der Waals surface area contributed by atoms with Crippen LogP contribution in [-0.2, 0) is 14.3 Å². The lowest BCUT2D eigenvalue weighted by Crippen LogP contribution is -2.54. The Bertz CT molecular complexity index is 926. The van der Waals surface area contributed by atoms with E-state index < -0.39 is 6.04 Å². The Kier molecular flexibility index (Phi) is 6.61. The van der Waals surface area contributed by atoms with Gasteiger partial charge in [-0.25, -0.2) is 0 Å². The number of amides is 2. The number of H-pyrrole nitrogens is 1. The number of morpholine rings is 1. The summed E-state index contributed by atoms with van der Waals surface area (Å²) in [6.45, 7) is 7.36. The highest BCUT2D eigenvalue weighted by Crippen LogP contribution is 2.26. The van der Waals surface area contributed by atoms with E-state index in [9.17, 15) is 9.59 Å². The predicted octanol–water partition coefficient (Wildman–Crippen LogP) is 1.23. The maximum Gasteiger partial charge on any atom is 0.245 e. The highest BCUT2D eigenvalue weighted by atomic mass is 32.1. The fraction of sp³-hybridized carbons (Fsp3) is 0.579. The third kappa shape index (κ3) is 4.48. The van der Waals surface area contributed by atoms with Crippen molar-refractivity contribution in [3.63, 3.8) is 0 Å².